The van der Waals surface area contributed by atoms with Gasteiger partial charge < -0.3 is 18.6 Å². The van der Waals surface area contributed by atoms with E-state index in [1.165, 1.54) is 104 Å². The van der Waals surface area contributed by atoms with Crippen LogP contribution < -0.4 is 25.5 Å². The van der Waals surface area contributed by atoms with Gasteiger partial charge in [0.05, 0.1) is 23.3 Å². The smallest absolute Gasteiger partial charge is 0.264 e. The van der Waals surface area contributed by atoms with Gasteiger partial charge in [0.25, 0.3) is 6.71 Å². The molecule has 342 valence electrons. The summed E-state index contributed by atoms with van der Waals surface area (Å²) in [7, 11) is 0. The molecule has 0 spiro atoms. The molecule has 0 saturated carbocycles. The molecule has 7 aromatic carbocycles. The Morgan fingerprint density at radius 2 is 1.19 bits per heavy atom. The highest BCUT2D eigenvalue weighted by Crippen LogP contribution is 2.52. The predicted molar refractivity (Wildman–Crippen MR) is 297 cm³/mol. The number of benzene rings is 7. The number of rotatable bonds is 5. The van der Waals surface area contributed by atoms with Crippen LogP contribution in [0.3, 0.4) is 0 Å². The Kier molecular flexibility index (Phi) is 9.70. The quantitative estimate of drug-likeness (QED) is 0.161. The van der Waals surface area contributed by atoms with E-state index < -0.39 is 0 Å². The molecule has 0 radical (unpaired) electrons. The molecule has 5 heterocycles. The summed E-state index contributed by atoms with van der Waals surface area (Å²) in [5.41, 5.74) is 24.2. The summed E-state index contributed by atoms with van der Waals surface area (Å²) in [6, 6.07) is 47.9. The number of nitrogens with zero attached hydrogens (tertiary/aromatic N) is 2. The average Bonchev–Trinajstić information content (AvgIpc) is 4.04. The molecule has 4 nitrogen and oxygen atoms in total. The van der Waals surface area contributed by atoms with Gasteiger partial charge in [0.1, 0.15) is 16.9 Å². The number of para-hydroxylation sites is 2. The zero-order valence-electron chi connectivity index (χ0n) is 42.0. The number of thiophene rings is 1. The van der Waals surface area contributed by atoms with Crippen molar-refractivity contribution >= 4 is 99.9 Å². The van der Waals surface area contributed by atoms with Gasteiger partial charge >= 0.3 is 0 Å². The molecule has 0 saturated heterocycles. The largest absolute Gasteiger partial charge is 0.464 e. The van der Waals surface area contributed by atoms with Crippen molar-refractivity contribution < 1.29 is 8.83 Å². The van der Waals surface area contributed by atoms with Crippen LogP contribution in [0, 0.1) is 27.7 Å². The van der Waals surface area contributed by atoms with Gasteiger partial charge in [-0.1, -0.05) is 122 Å². The maximum absolute atomic E-state index is 6.64. The molecule has 10 aromatic rings. The van der Waals surface area contributed by atoms with Crippen LogP contribution in [-0.4, -0.2) is 6.71 Å². The van der Waals surface area contributed by atoms with E-state index in [1.54, 1.807) is 0 Å². The maximum atomic E-state index is 6.64. The number of aryl methyl sites for hydroxylation is 4. The van der Waals surface area contributed by atoms with Gasteiger partial charge in [0, 0.05) is 53.8 Å². The minimum Gasteiger partial charge on any atom is -0.464 e. The number of fused-ring (bicyclic) bond motifs is 8. The number of anilines is 6. The molecule has 0 N–H and O–H groups in total. The van der Waals surface area contributed by atoms with Crippen LogP contribution in [0.15, 0.2) is 142 Å². The standard InChI is InChI=1S/C63H59BN2O2S/c1-35(2)42-30-51-57-52(31-42)66(59-36(3)25-43(26-37(59)4)48-34-67-54-20-16-14-18-46(48)54)60-47-33-44(62(7,8)9)22-24-56(47)69-61(60)64(57)49-23-21-41(55-32-40-17-13-15-19-53(40)68-55)29-50(49)65(51)58-38(5)27-45(28-39(58)6)63(10,11)12/h13-35H,1-12H3. The maximum Gasteiger partial charge on any atom is 0.264 e. The monoisotopic (exact) mass is 918 g/mol. The van der Waals surface area contributed by atoms with Crippen molar-refractivity contribution in [1.29, 1.82) is 0 Å². The van der Waals surface area contributed by atoms with Gasteiger partial charge in [0.2, 0.25) is 0 Å². The van der Waals surface area contributed by atoms with Gasteiger partial charge in [-0.3, -0.25) is 0 Å². The fraction of sp³-hybridized carbons (Fsp3) is 0.238. The first-order valence-corrected chi connectivity index (χ1v) is 25.4. The van der Waals surface area contributed by atoms with E-state index in [0.717, 1.165) is 38.8 Å². The lowest BCUT2D eigenvalue weighted by molar-refractivity contribution is 0.589. The summed E-state index contributed by atoms with van der Waals surface area (Å²) >= 11 is 1.97. The first-order chi connectivity index (χ1) is 32.9. The molecule has 0 bridgehead atoms. The number of furan rings is 2. The minimum atomic E-state index is -0.0253. The van der Waals surface area contributed by atoms with Crippen molar-refractivity contribution in [2.75, 3.05) is 9.80 Å². The van der Waals surface area contributed by atoms with Gasteiger partial charge in [-0.05, 0) is 161 Å². The second kappa shape index (κ2) is 15.4. The Morgan fingerprint density at radius 1 is 0.551 bits per heavy atom. The molecule has 0 unspecified atom stereocenters. The van der Waals surface area contributed by atoms with E-state index >= 15 is 0 Å². The van der Waals surface area contributed by atoms with Crippen molar-refractivity contribution in [3.63, 3.8) is 0 Å². The van der Waals surface area contributed by atoms with Gasteiger partial charge in [-0.2, -0.15) is 0 Å². The minimum absolute atomic E-state index is 0.00501. The fourth-order valence-corrected chi connectivity index (χ4v) is 12.8. The zero-order chi connectivity index (χ0) is 48.0. The lowest BCUT2D eigenvalue weighted by Crippen LogP contribution is -2.60. The molecule has 12 rings (SSSR count). The van der Waals surface area contributed by atoms with Crippen LogP contribution in [0.5, 0.6) is 0 Å². The predicted octanol–water partition coefficient (Wildman–Crippen LogP) is 16.8. The highest BCUT2D eigenvalue weighted by Gasteiger charge is 2.47. The third-order valence-corrected chi connectivity index (χ3v) is 16.2. The van der Waals surface area contributed by atoms with E-state index in [-0.39, 0.29) is 23.5 Å². The normalized spacial score (nSPS) is 13.6. The van der Waals surface area contributed by atoms with Crippen molar-refractivity contribution in [2.24, 2.45) is 0 Å². The van der Waals surface area contributed by atoms with Crippen molar-refractivity contribution in [3.8, 4) is 22.5 Å². The molecule has 0 fully saturated rings. The summed E-state index contributed by atoms with van der Waals surface area (Å²) < 4.78 is 15.4. The SMILES string of the molecule is Cc1cc(C(C)(C)C)cc(C)c1N1c2cc(-c3cc4ccccc4o3)ccc2B2c3sc4ccc(C(C)(C)C)cc4c3N(c3c(C)cc(-c4coc5ccccc45)cc3C)c3cc(C(C)C)cc1c32. The van der Waals surface area contributed by atoms with Crippen LogP contribution in [0.4, 0.5) is 34.1 Å². The molecule has 3 aromatic heterocycles. The molecule has 0 atom stereocenters. The highest BCUT2D eigenvalue weighted by molar-refractivity contribution is 7.33. The lowest BCUT2D eigenvalue weighted by atomic mass is 9.36. The van der Waals surface area contributed by atoms with E-state index in [9.17, 15) is 0 Å². The van der Waals surface area contributed by atoms with Gasteiger partial charge in [0.15, 0.2) is 0 Å². The summed E-state index contributed by atoms with van der Waals surface area (Å²) in [4.78, 5) is 5.30. The molecule has 0 aliphatic carbocycles. The molecule has 2 aliphatic heterocycles. The summed E-state index contributed by atoms with van der Waals surface area (Å²) in [6.07, 6.45) is 1.93. The molecule has 69 heavy (non-hydrogen) atoms. The number of hydrogen-bond donors (Lipinski definition) is 0. The Balaban J connectivity index is 1.19. The Bertz CT molecular complexity index is 3680. The Labute approximate surface area is 411 Å². The summed E-state index contributed by atoms with van der Waals surface area (Å²) in [6.45, 7) is 27.9. The summed E-state index contributed by atoms with van der Waals surface area (Å²) in [5, 5.41) is 3.55. The average molecular weight is 919 g/mol. The van der Waals surface area contributed by atoms with E-state index in [4.69, 9.17) is 8.83 Å². The highest BCUT2D eigenvalue weighted by atomic mass is 32.1. The van der Waals surface area contributed by atoms with Crippen LogP contribution >= 0.6 is 11.3 Å². The summed E-state index contributed by atoms with van der Waals surface area (Å²) in [5.74, 6) is 1.15. The van der Waals surface area contributed by atoms with Gasteiger partial charge in [-0.15, -0.1) is 11.3 Å². The van der Waals surface area contributed by atoms with E-state index in [1.807, 2.05) is 23.7 Å². The van der Waals surface area contributed by atoms with Crippen LogP contribution in [0.25, 0.3) is 54.5 Å². The van der Waals surface area contributed by atoms with Crippen LogP contribution in [0.2, 0.25) is 0 Å². The number of hydrogen-bond acceptors (Lipinski definition) is 5. The van der Waals surface area contributed by atoms with Crippen LogP contribution in [0.1, 0.15) is 100 Å². The van der Waals surface area contributed by atoms with Crippen LogP contribution in [-0.2, 0) is 10.8 Å². The second-order valence-corrected chi connectivity index (χ2v) is 23.3. The third-order valence-electron chi connectivity index (χ3n) is 15.0. The van der Waals surface area contributed by atoms with E-state index in [2.05, 4.69) is 214 Å². The van der Waals surface area contributed by atoms with Crippen molar-refractivity contribution in [1.82, 2.24) is 0 Å². The molecule has 6 heteroatoms. The Hall–Kier alpha value is -6.76. The van der Waals surface area contributed by atoms with Crippen molar-refractivity contribution in [3.05, 3.63) is 173 Å². The molecule has 0 amide bonds. The second-order valence-electron chi connectivity index (χ2n) is 22.2. The molecule has 2 aliphatic rings. The molecular weight excluding hydrogens is 860 g/mol. The van der Waals surface area contributed by atoms with Gasteiger partial charge in [-0.25, -0.2) is 0 Å². The van der Waals surface area contributed by atoms with Crippen molar-refractivity contribution in [2.45, 2.75) is 99.8 Å². The fourth-order valence-electron chi connectivity index (χ4n) is 11.5. The molecular formula is C63H59BN2O2S. The van der Waals surface area contributed by atoms with E-state index in [0.29, 0.717) is 0 Å². The first kappa shape index (κ1) is 43.5. The first-order valence-electron chi connectivity index (χ1n) is 24.6. The lowest BCUT2D eigenvalue weighted by Gasteiger charge is -2.45. The Morgan fingerprint density at radius 3 is 1.87 bits per heavy atom. The zero-order valence-corrected chi connectivity index (χ0v) is 42.8. The third kappa shape index (κ3) is 6.77. The topological polar surface area (TPSA) is 32.8 Å².